The van der Waals surface area contributed by atoms with Gasteiger partial charge in [-0.1, -0.05) is 19.3 Å². The summed E-state index contributed by atoms with van der Waals surface area (Å²) in [5, 5.41) is 3.02. The van der Waals surface area contributed by atoms with Crippen LogP contribution >= 0.6 is 11.8 Å². The number of nitrogens with one attached hydrogen (secondary N) is 1. The van der Waals surface area contributed by atoms with Crippen molar-refractivity contribution in [1.82, 2.24) is 10.2 Å². The summed E-state index contributed by atoms with van der Waals surface area (Å²) in [4.78, 5) is 26.8. The number of thioether (sulfide) groups is 1. The zero-order valence-corrected chi connectivity index (χ0v) is 12.1. The second-order valence-electron chi connectivity index (χ2n) is 5.97. The fourth-order valence-electron chi connectivity index (χ4n) is 3.65. The van der Waals surface area contributed by atoms with E-state index in [1.807, 2.05) is 16.7 Å². The van der Waals surface area contributed by atoms with Crippen molar-refractivity contribution < 1.29 is 9.59 Å². The number of hydrogen-bond acceptors (Lipinski definition) is 3. The summed E-state index contributed by atoms with van der Waals surface area (Å²) in [6.07, 6.45) is 7.04. The van der Waals surface area contributed by atoms with Crippen LogP contribution < -0.4 is 5.32 Å². The molecule has 2 aliphatic heterocycles. The van der Waals surface area contributed by atoms with Gasteiger partial charge >= 0.3 is 0 Å². The highest BCUT2D eigenvalue weighted by molar-refractivity contribution is 7.99. The smallest absolute Gasteiger partial charge is 0.249 e. The number of carbonyl (C=O) groups is 2. The van der Waals surface area contributed by atoms with Crippen molar-refractivity contribution in [2.24, 2.45) is 0 Å². The van der Waals surface area contributed by atoms with E-state index in [4.69, 9.17) is 0 Å². The molecule has 0 radical (unpaired) electrons. The summed E-state index contributed by atoms with van der Waals surface area (Å²) >= 11 is 1.95. The van der Waals surface area contributed by atoms with Gasteiger partial charge in [-0.2, -0.15) is 11.8 Å². The standard InChI is InChI=1S/C14H22N2O2S/c17-12-10-16(11-4-8-19-9-5-11)13(18)14(15-12)6-2-1-3-7-14/h11H,1-10H2,(H,15,17). The molecule has 3 rings (SSSR count). The average Bonchev–Trinajstić information content (AvgIpc) is 2.45. The van der Waals surface area contributed by atoms with Crippen LogP contribution in [0, 0.1) is 0 Å². The maximum absolute atomic E-state index is 12.9. The van der Waals surface area contributed by atoms with Crippen LogP contribution in [0.3, 0.4) is 0 Å². The van der Waals surface area contributed by atoms with Crippen LogP contribution in [0.5, 0.6) is 0 Å². The first-order valence-corrected chi connectivity index (χ1v) is 8.57. The Hall–Kier alpha value is -0.710. The van der Waals surface area contributed by atoms with Crippen molar-refractivity contribution in [2.45, 2.75) is 56.5 Å². The Morgan fingerprint density at radius 1 is 1.11 bits per heavy atom. The van der Waals surface area contributed by atoms with E-state index in [0.29, 0.717) is 6.04 Å². The summed E-state index contributed by atoms with van der Waals surface area (Å²) in [5.74, 6) is 2.47. The Morgan fingerprint density at radius 3 is 2.47 bits per heavy atom. The minimum atomic E-state index is -0.557. The molecule has 1 aliphatic carbocycles. The molecular formula is C14H22N2O2S. The first-order valence-electron chi connectivity index (χ1n) is 7.41. The molecule has 0 atom stereocenters. The van der Waals surface area contributed by atoms with Gasteiger partial charge in [-0.15, -0.1) is 0 Å². The molecule has 0 bridgehead atoms. The van der Waals surface area contributed by atoms with Gasteiger partial charge in [-0.25, -0.2) is 0 Å². The number of carbonyl (C=O) groups excluding carboxylic acids is 2. The molecule has 1 N–H and O–H groups in total. The molecule has 0 aromatic heterocycles. The van der Waals surface area contributed by atoms with Crippen molar-refractivity contribution in [1.29, 1.82) is 0 Å². The molecule has 3 aliphatic rings. The van der Waals surface area contributed by atoms with Gasteiger partial charge in [-0.3, -0.25) is 9.59 Å². The van der Waals surface area contributed by atoms with E-state index in [9.17, 15) is 9.59 Å². The number of amides is 2. The van der Waals surface area contributed by atoms with Crippen LogP contribution in [0.15, 0.2) is 0 Å². The lowest BCUT2D eigenvalue weighted by Crippen LogP contribution is -2.69. The van der Waals surface area contributed by atoms with Crippen LogP contribution in [0.4, 0.5) is 0 Å². The summed E-state index contributed by atoms with van der Waals surface area (Å²) in [6.45, 7) is 0.274. The van der Waals surface area contributed by atoms with E-state index >= 15 is 0 Å². The van der Waals surface area contributed by atoms with E-state index in [-0.39, 0.29) is 18.4 Å². The minimum Gasteiger partial charge on any atom is -0.340 e. The number of rotatable bonds is 1. The van der Waals surface area contributed by atoms with E-state index < -0.39 is 5.54 Å². The van der Waals surface area contributed by atoms with Gasteiger partial charge in [0.05, 0.1) is 6.54 Å². The van der Waals surface area contributed by atoms with Crippen LogP contribution in [0.2, 0.25) is 0 Å². The van der Waals surface area contributed by atoms with Crippen molar-refractivity contribution in [3.05, 3.63) is 0 Å². The molecule has 5 heteroatoms. The minimum absolute atomic E-state index is 0.0414. The third-order valence-corrected chi connectivity index (χ3v) is 5.75. The molecule has 2 heterocycles. The normalized spacial score (nSPS) is 28.5. The topological polar surface area (TPSA) is 49.4 Å². The third-order valence-electron chi connectivity index (χ3n) is 4.70. The lowest BCUT2D eigenvalue weighted by molar-refractivity contribution is -0.154. The van der Waals surface area contributed by atoms with E-state index in [0.717, 1.165) is 50.0 Å². The summed E-state index contributed by atoms with van der Waals surface area (Å²) in [6, 6.07) is 0.290. The predicted molar refractivity (Wildman–Crippen MR) is 76.0 cm³/mol. The van der Waals surface area contributed by atoms with Gasteiger partial charge < -0.3 is 10.2 Å². The van der Waals surface area contributed by atoms with Crippen LogP contribution in [-0.2, 0) is 9.59 Å². The molecular weight excluding hydrogens is 260 g/mol. The summed E-state index contributed by atoms with van der Waals surface area (Å²) < 4.78 is 0. The fourth-order valence-corrected chi connectivity index (χ4v) is 4.73. The summed E-state index contributed by atoms with van der Waals surface area (Å²) in [5.41, 5.74) is -0.557. The zero-order valence-electron chi connectivity index (χ0n) is 11.3. The van der Waals surface area contributed by atoms with Crippen molar-refractivity contribution in [3.8, 4) is 0 Å². The van der Waals surface area contributed by atoms with E-state index in [1.54, 1.807) is 0 Å². The van der Waals surface area contributed by atoms with Crippen LogP contribution in [-0.4, -0.2) is 46.3 Å². The van der Waals surface area contributed by atoms with Gasteiger partial charge in [0.15, 0.2) is 0 Å². The van der Waals surface area contributed by atoms with Gasteiger partial charge in [0.2, 0.25) is 11.8 Å². The maximum Gasteiger partial charge on any atom is 0.249 e. The molecule has 0 aromatic rings. The second-order valence-corrected chi connectivity index (χ2v) is 7.19. The predicted octanol–water partition coefficient (Wildman–Crippen LogP) is 1.54. The number of nitrogens with zero attached hydrogens (tertiary/aromatic N) is 1. The highest BCUT2D eigenvalue weighted by Gasteiger charge is 2.48. The van der Waals surface area contributed by atoms with Gasteiger partial charge in [0.1, 0.15) is 5.54 Å². The molecule has 19 heavy (non-hydrogen) atoms. The second kappa shape index (κ2) is 5.35. The van der Waals surface area contributed by atoms with E-state index in [1.165, 1.54) is 6.42 Å². The Kier molecular flexibility index (Phi) is 3.74. The number of hydrogen-bond donors (Lipinski definition) is 1. The largest absolute Gasteiger partial charge is 0.340 e. The number of piperazine rings is 1. The van der Waals surface area contributed by atoms with Crippen molar-refractivity contribution >= 4 is 23.6 Å². The Balaban J connectivity index is 1.80. The third kappa shape index (κ3) is 2.49. The monoisotopic (exact) mass is 282 g/mol. The molecule has 1 saturated carbocycles. The summed E-state index contributed by atoms with van der Waals surface area (Å²) in [7, 11) is 0. The Bertz CT molecular complexity index is 374. The van der Waals surface area contributed by atoms with Gasteiger partial charge in [-0.05, 0) is 37.2 Å². The lowest BCUT2D eigenvalue weighted by Gasteiger charge is -2.47. The van der Waals surface area contributed by atoms with Crippen LogP contribution in [0.1, 0.15) is 44.9 Å². The quantitative estimate of drug-likeness (QED) is 0.794. The molecule has 3 fully saturated rings. The lowest BCUT2D eigenvalue weighted by atomic mass is 9.79. The molecule has 0 aromatic carbocycles. The first kappa shape index (κ1) is 13.3. The molecule has 1 spiro atoms. The van der Waals surface area contributed by atoms with Gasteiger partial charge in [0, 0.05) is 6.04 Å². The van der Waals surface area contributed by atoms with Crippen LogP contribution in [0.25, 0.3) is 0 Å². The molecule has 0 unspecified atom stereocenters. The van der Waals surface area contributed by atoms with E-state index in [2.05, 4.69) is 5.32 Å². The SMILES string of the molecule is O=C1CN(C2CCSCC2)C(=O)C2(CCCCC2)N1. The Morgan fingerprint density at radius 2 is 1.79 bits per heavy atom. The Labute approximate surface area is 118 Å². The van der Waals surface area contributed by atoms with Crippen molar-refractivity contribution in [2.75, 3.05) is 18.1 Å². The highest BCUT2D eigenvalue weighted by atomic mass is 32.2. The molecule has 4 nitrogen and oxygen atoms in total. The average molecular weight is 282 g/mol. The molecule has 2 amide bonds. The van der Waals surface area contributed by atoms with Crippen molar-refractivity contribution in [3.63, 3.8) is 0 Å². The fraction of sp³-hybridized carbons (Fsp3) is 0.857. The first-order chi connectivity index (χ1) is 9.21. The molecule has 106 valence electrons. The van der Waals surface area contributed by atoms with Gasteiger partial charge in [0.25, 0.3) is 0 Å². The maximum atomic E-state index is 12.9. The zero-order chi connectivity index (χ0) is 13.3. The molecule has 2 saturated heterocycles. The highest BCUT2D eigenvalue weighted by Crippen LogP contribution is 2.34.